The Morgan fingerprint density at radius 2 is 2.23 bits per heavy atom. The van der Waals surface area contributed by atoms with Crippen LogP contribution in [0.15, 0.2) is 11.2 Å². The van der Waals surface area contributed by atoms with Gasteiger partial charge in [-0.25, -0.2) is 0 Å². The molecule has 0 radical (unpaired) electrons. The van der Waals surface area contributed by atoms with Crippen LogP contribution < -0.4 is 10.7 Å². The summed E-state index contributed by atoms with van der Waals surface area (Å²) >= 11 is 5.30. The van der Waals surface area contributed by atoms with E-state index in [0.717, 1.165) is 17.7 Å². The molecule has 1 aliphatic rings. The number of hydrogen-bond donors (Lipinski definition) is 2. The second kappa shape index (κ2) is 7.41. The van der Waals surface area contributed by atoms with E-state index in [1.54, 1.807) is 6.21 Å². The van der Waals surface area contributed by atoms with Crippen LogP contribution in [0.2, 0.25) is 0 Å². The zero-order valence-electron chi connectivity index (χ0n) is 13.4. The lowest BCUT2D eigenvalue weighted by Crippen LogP contribution is -2.44. The summed E-state index contributed by atoms with van der Waals surface area (Å²) in [6, 6.07) is 4.41. The van der Waals surface area contributed by atoms with Gasteiger partial charge >= 0.3 is 0 Å². The molecule has 1 aliphatic carbocycles. The average Bonchev–Trinajstić information content (AvgIpc) is 2.77. The van der Waals surface area contributed by atoms with Crippen molar-refractivity contribution >= 4 is 23.5 Å². The van der Waals surface area contributed by atoms with Crippen molar-refractivity contribution in [2.75, 3.05) is 0 Å². The van der Waals surface area contributed by atoms with E-state index in [4.69, 9.17) is 17.5 Å². The Hall–Kier alpha value is -1.87. The highest BCUT2D eigenvalue weighted by Crippen LogP contribution is 2.23. The largest absolute Gasteiger partial charge is 0.358 e. The van der Waals surface area contributed by atoms with Gasteiger partial charge in [0.15, 0.2) is 5.11 Å². The van der Waals surface area contributed by atoms with Crippen LogP contribution >= 0.6 is 12.2 Å². The maximum absolute atomic E-state index is 9.02. The number of nitrogens with one attached hydrogen (secondary N) is 2. The summed E-state index contributed by atoms with van der Waals surface area (Å²) in [5, 5.41) is 17.1. The normalized spacial score (nSPS) is 21.5. The van der Waals surface area contributed by atoms with Crippen molar-refractivity contribution in [1.82, 2.24) is 15.3 Å². The van der Waals surface area contributed by atoms with Gasteiger partial charge in [0.2, 0.25) is 0 Å². The Morgan fingerprint density at radius 3 is 2.86 bits per heavy atom. The SMILES string of the molecule is Cc1c(/C=N\NC(=S)N[C@H]2CCCC[C@H]2C)cc(C#N)n1C. The Morgan fingerprint density at radius 1 is 1.50 bits per heavy atom. The molecule has 1 aromatic heterocycles. The zero-order valence-corrected chi connectivity index (χ0v) is 14.2. The molecule has 1 aromatic rings. The van der Waals surface area contributed by atoms with Crippen LogP contribution in [-0.2, 0) is 7.05 Å². The number of hydrazone groups is 1. The van der Waals surface area contributed by atoms with Crippen LogP contribution in [0.5, 0.6) is 0 Å². The molecule has 0 aromatic carbocycles. The lowest BCUT2D eigenvalue weighted by Gasteiger charge is -2.30. The molecule has 118 valence electrons. The number of rotatable bonds is 3. The first-order chi connectivity index (χ1) is 10.5. The van der Waals surface area contributed by atoms with Crippen LogP contribution in [-0.4, -0.2) is 21.9 Å². The van der Waals surface area contributed by atoms with Gasteiger partial charge in [0.25, 0.3) is 0 Å². The quantitative estimate of drug-likeness (QED) is 0.511. The monoisotopic (exact) mass is 317 g/mol. The summed E-state index contributed by atoms with van der Waals surface area (Å²) in [6.07, 6.45) is 6.69. The molecule has 0 amide bonds. The number of aromatic nitrogens is 1. The van der Waals surface area contributed by atoms with E-state index in [1.807, 2.05) is 24.6 Å². The summed E-state index contributed by atoms with van der Waals surface area (Å²) in [6.45, 7) is 4.22. The molecule has 2 N–H and O–H groups in total. The second-order valence-electron chi connectivity index (χ2n) is 5.95. The first kappa shape index (κ1) is 16.5. The number of nitrogens with zero attached hydrogens (tertiary/aromatic N) is 3. The fourth-order valence-electron chi connectivity index (χ4n) is 2.85. The molecule has 1 heterocycles. The molecule has 5 nitrogen and oxygen atoms in total. The maximum atomic E-state index is 9.02. The van der Waals surface area contributed by atoms with Crippen molar-refractivity contribution in [2.24, 2.45) is 18.1 Å². The van der Waals surface area contributed by atoms with Crippen molar-refractivity contribution in [3.8, 4) is 6.07 Å². The standard InChI is InChI=1S/C16H23N5S/c1-11-6-4-5-7-15(11)19-16(22)20-18-10-13-8-14(9-17)21(3)12(13)2/h8,10-11,15H,4-7H2,1-3H3,(H2,19,20,22)/b18-10-/t11-,15+/m1/s1. The lowest BCUT2D eigenvalue weighted by atomic mass is 9.86. The fraction of sp³-hybridized carbons (Fsp3) is 0.562. The van der Waals surface area contributed by atoms with Gasteiger partial charge in [-0.3, -0.25) is 5.43 Å². The van der Waals surface area contributed by atoms with E-state index in [0.29, 0.717) is 22.8 Å². The summed E-state index contributed by atoms with van der Waals surface area (Å²) in [4.78, 5) is 0. The molecule has 6 heteroatoms. The van der Waals surface area contributed by atoms with Crippen LogP contribution in [0.25, 0.3) is 0 Å². The van der Waals surface area contributed by atoms with Crippen molar-refractivity contribution in [3.63, 3.8) is 0 Å². The van der Waals surface area contributed by atoms with Crippen LogP contribution in [0.4, 0.5) is 0 Å². The summed E-state index contributed by atoms with van der Waals surface area (Å²) in [7, 11) is 1.87. The molecule has 1 fully saturated rings. The average molecular weight is 317 g/mol. The molecule has 0 unspecified atom stereocenters. The molecular weight excluding hydrogens is 294 g/mol. The van der Waals surface area contributed by atoms with Gasteiger partial charge in [0.05, 0.1) is 6.21 Å². The first-order valence-corrected chi connectivity index (χ1v) is 8.09. The van der Waals surface area contributed by atoms with Crippen LogP contribution in [0.3, 0.4) is 0 Å². The summed E-state index contributed by atoms with van der Waals surface area (Å²) < 4.78 is 1.85. The van der Waals surface area contributed by atoms with E-state index in [9.17, 15) is 0 Å². The molecule has 0 bridgehead atoms. The van der Waals surface area contributed by atoms with Gasteiger partial charge in [-0.2, -0.15) is 10.4 Å². The van der Waals surface area contributed by atoms with Gasteiger partial charge in [-0.05, 0) is 44.0 Å². The predicted octanol–water partition coefficient (Wildman–Crippen LogP) is 2.58. The minimum absolute atomic E-state index is 0.438. The topological polar surface area (TPSA) is 65.1 Å². The molecule has 2 rings (SSSR count). The summed E-state index contributed by atoms with van der Waals surface area (Å²) in [5.41, 5.74) is 5.41. The molecule has 0 aliphatic heterocycles. The van der Waals surface area contributed by atoms with Crippen molar-refractivity contribution in [1.29, 1.82) is 5.26 Å². The predicted molar refractivity (Wildman–Crippen MR) is 92.7 cm³/mol. The summed E-state index contributed by atoms with van der Waals surface area (Å²) in [5.74, 6) is 0.645. The van der Waals surface area contributed by atoms with Crippen molar-refractivity contribution in [2.45, 2.75) is 45.6 Å². The van der Waals surface area contributed by atoms with Gasteiger partial charge in [-0.15, -0.1) is 0 Å². The third-order valence-electron chi connectivity index (χ3n) is 4.49. The van der Waals surface area contributed by atoms with Crippen molar-refractivity contribution < 1.29 is 0 Å². The van der Waals surface area contributed by atoms with Gasteiger partial charge in [0.1, 0.15) is 11.8 Å². The Kier molecular flexibility index (Phi) is 5.56. The minimum Gasteiger partial charge on any atom is -0.358 e. The van der Waals surface area contributed by atoms with Crippen LogP contribution in [0, 0.1) is 24.2 Å². The van der Waals surface area contributed by atoms with Gasteiger partial charge in [-0.1, -0.05) is 19.8 Å². The molecule has 0 spiro atoms. The minimum atomic E-state index is 0.438. The molecule has 2 atom stereocenters. The number of hydrogen-bond acceptors (Lipinski definition) is 3. The molecular formula is C16H23N5S. The zero-order chi connectivity index (χ0) is 16.1. The third kappa shape index (κ3) is 3.86. The molecule has 22 heavy (non-hydrogen) atoms. The van der Waals surface area contributed by atoms with E-state index >= 15 is 0 Å². The molecule has 1 saturated carbocycles. The van der Waals surface area contributed by atoms with Gasteiger partial charge in [0, 0.05) is 24.3 Å². The van der Waals surface area contributed by atoms with E-state index in [1.165, 1.54) is 19.3 Å². The molecule has 0 saturated heterocycles. The smallest absolute Gasteiger partial charge is 0.187 e. The van der Waals surface area contributed by atoms with E-state index < -0.39 is 0 Å². The van der Waals surface area contributed by atoms with Crippen LogP contribution in [0.1, 0.15) is 49.6 Å². The number of thiocarbonyl (C=S) groups is 1. The first-order valence-electron chi connectivity index (χ1n) is 7.69. The van der Waals surface area contributed by atoms with E-state index in [2.05, 4.69) is 28.8 Å². The highest BCUT2D eigenvalue weighted by molar-refractivity contribution is 7.80. The fourth-order valence-corrected chi connectivity index (χ4v) is 3.06. The Bertz CT molecular complexity index is 611. The highest BCUT2D eigenvalue weighted by atomic mass is 32.1. The third-order valence-corrected chi connectivity index (χ3v) is 4.70. The maximum Gasteiger partial charge on any atom is 0.187 e. The lowest BCUT2D eigenvalue weighted by molar-refractivity contribution is 0.308. The Balaban J connectivity index is 1.89. The Labute approximate surface area is 137 Å². The number of nitriles is 1. The van der Waals surface area contributed by atoms with Gasteiger partial charge < -0.3 is 9.88 Å². The van der Waals surface area contributed by atoms with E-state index in [-0.39, 0.29) is 0 Å². The highest BCUT2D eigenvalue weighted by Gasteiger charge is 2.21. The van der Waals surface area contributed by atoms with Crippen molar-refractivity contribution in [3.05, 3.63) is 23.0 Å². The second-order valence-corrected chi connectivity index (χ2v) is 6.36.